The Kier molecular flexibility index (Phi) is 7.30. The van der Waals surface area contributed by atoms with Gasteiger partial charge in [-0.05, 0) is 62.3 Å². The fourth-order valence-corrected chi connectivity index (χ4v) is 3.27. The topological polar surface area (TPSA) is 63.6 Å². The quantitative estimate of drug-likeness (QED) is 0.454. The molecule has 2 aromatic carbocycles. The lowest BCUT2D eigenvalue weighted by molar-refractivity contribution is -0.152. The van der Waals surface area contributed by atoms with E-state index in [2.05, 4.69) is 6.92 Å². The molecule has 1 N–H and O–H groups in total. The van der Waals surface area contributed by atoms with E-state index in [1.165, 1.54) is 13.8 Å². The number of rotatable bonds is 9. The minimum absolute atomic E-state index is 0.0954. The average Bonchev–Trinajstić information content (AvgIpc) is 2.68. The van der Waals surface area contributed by atoms with Crippen LogP contribution in [0, 0.1) is 11.8 Å². The third-order valence-corrected chi connectivity index (χ3v) is 5.75. The zero-order chi connectivity index (χ0) is 20.9. The van der Waals surface area contributed by atoms with Crippen LogP contribution in [0.2, 0.25) is 0 Å². The van der Waals surface area contributed by atoms with Gasteiger partial charge in [0, 0.05) is 16.4 Å². The van der Waals surface area contributed by atoms with Crippen LogP contribution in [0.5, 0.6) is 5.75 Å². The molecule has 0 heterocycles. The molecule has 5 heteroatoms. The first kappa shape index (κ1) is 22.0. The second-order valence-electron chi connectivity index (χ2n) is 7.62. The molecule has 0 spiro atoms. The van der Waals surface area contributed by atoms with Gasteiger partial charge in [-0.1, -0.05) is 38.1 Å². The summed E-state index contributed by atoms with van der Waals surface area (Å²) in [4.78, 5) is 25.1. The predicted octanol–water partition coefficient (Wildman–Crippen LogP) is 5.35. The van der Waals surface area contributed by atoms with Crippen molar-refractivity contribution < 1.29 is 19.4 Å². The molecule has 0 aliphatic heterocycles. The molecule has 0 saturated heterocycles. The zero-order valence-corrected chi connectivity index (χ0v) is 17.9. The van der Waals surface area contributed by atoms with E-state index in [9.17, 15) is 9.59 Å². The fraction of sp³-hybridized carbons (Fsp3) is 0.391. The van der Waals surface area contributed by atoms with Crippen LogP contribution >= 0.6 is 11.8 Å². The second-order valence-corrected chi connectivity index (χ2v) is 8.50. The number of carbonyl (C=O) groups excluding carboxylic acids is 1. The first-order valence-corrected chi connectivity index (χ1v) is 10.6. The highest BCUT2D eigenvalue weighted by Gasteiger charge is 2.29. The van der Waals surface area contributed by atoms with Crippen LogP contribution in [0.25, 0.3) is 0 Å². The molecule has 0 aliphatic carbocycles. The van der Waals surface area contributed by atoms with E-state index in [-0.39, 0.29) is 17.6 Å². The molecule has 2 aromatic rings. The van der Waals surface area contributed by atoms with Crippen LogP contribution < -0.4 is 4.74 Å². The largest absolute Gasteiger partial charge is 0.478 e. The first-order valence-electron chi connectivity index (χ1n) is 9.33. The van der Waals surface area contributed by atoms with Crippen molar-refractivity contribution >= 4 is 23.5 Å². The molecule has 0 aromatic heterocycles. The summed E-state index contributed by atoms with van der Waals surface area (Å²) in [7, 11) is 0. The molecule has 0 saturated carbocycles. The third kappa shape index (κ3) is 5.61. The monoisotopic (exact) mass is 400 g/mol. The summed E-state index contributed by atoms with van der Waals surface area (Å²) in [5, 5.41) is 9.15. The van der Waals surface area contributed by atoms with Crippen LogP contribution in [0.1, 0.15) is 43.6 Å². The van der Waals surface area contributed by atoms with E-state index in [4.69, 9.17) is 9.84 Å². The summed E-state index contributed by atoms with van der Waals surface area (Å²) in [5.74, 6) is -0.259. The highest BCUT2D eigenvalue weighted by atomic mass is 32.2. The molecule has 2 rings (SSSR count). The Labute approximate surface area is 171 Å². The minimum atomic E-state index is -1.28. The molecule has 0 radical (unpaired) electrons. The Hall–Kier alpha value is -2.27. The normalized spacial score (nSPS) is 13.6. The number of hydrogen-bond donors (Lipinski definition) is 1. The van der Waals surface area contributed by atoms with Crippen LogP contribution in [0.15, 0.2) is 53.4 Å². The van der Waals surface area contributed by atoms with Crippen molar-refractivity contribution in [3.05, 3.63) is 59.7 Å². The predicted molar refractivity (Wildman–Crippen MR) is 113 cm³/mol. The molecule has 4 nitrogen and oxygen atoms in total. The Balaban J connectivity index is 2.00. The van der Waals surface area contributed by atoms with E-state index in [0.717, 1.165) is 22.4 Å². The van der Waals surface area contributed by atoms with Gasteiger partial charge in [0.2, 0.25) is 0 Å². The smallest absolute Gasteiger partial charge is 0.347 e. The molecule has 0 bridgehead atoms. The molecule has 2 atom stereocenters. The Morgan fingerprint density at radius 1 is 1.04 bits per heavy atom. The SMILES string of the molecule is CSc1ccc(C(=O)C(C)C(C)Cc2ccc(OC(C)(C)C(=O)O)cc2)cc1. The highest BCUT2D eigenvalue weighted by Crippen LogP contribution is 2.25. The van der Waals surface area contributed by atoms with Crippen LogP contribution in [-0.2, 0) is 11.2 Å². The number of carboxylic acid groups (broad SMARTS) is 1. The van der Waals surface area contributed by atoms with Gasteiger partial charge >= 0.3 is 5.97 Å². The number of hydrogen-bond acceptors (Lipinski definition) is 4. The Morgan fingerprint density at radius 3 is 2.11 bits per heavy atom. The highest BCUT2D eigenvalue weighted by molar-refractivity contribution is 7.98. The number of ketones is 1. The van der Waals surface area contributed by atoms with E-state index in [0.29, 0.717) is 5.75 Å². The Morgan fingerprint density at radius 2 is 1.61 bits per heavy atom. The van der Waals surface area contributed by atoms with Gasteiger partial charge in [-0.25, -0.2) is 4.79 Å². The summed E-state index contributed by atoms with van der Waals surface area (Å²) in [6.07, 6.45) is 2.78. The summed E-state index contributed by atoms with van der Waals surface area (Å²) in [5.41, 5.74) is 0.559. The van der Waals surface area contributed by atoms with Crippen LogP contribution in [0.4, 0.5) is 0 Å². The van der Waals surface area contributed by atoms with Crippen molar-refractivity contribution in [3.63, 3.8) is 0 Å². The van der Waals surface area contributed by atoms with Gasteiger partial charge in [-0.2, -0.15) is 0 Å². The molecule has 28 heavy (non-hydrogen) atoms. The van der Waals surface area contributed by atoms with Crippen LogP contribution in [-0.4, -0.2) is 28.7 Å². The van der Waals surface area contributed by atoms with Gasteiger partial charge in [0.15, 0.2) is 11.4 Å². The number of aliphatic carboxylic acids is 1. The van der Waals surface area contributed by atoms with Crippen molar-refractivity contribution in [1.29, 1.82) is 0 Å². The molecular formula is C23H28O4S. The molecule has 0 amide bonds. The molecule has 0 aliphatic rings. The summed E-state index contributed by atoms with van der Waals surface area (Å²) in [6, 6.07) is 15.2. The summed E-state index contributed by atoms with van der Waals surface area (Å²) >= 11 is 1.66. The van der Waals surface area contributed by atoms with Gasteiger partial charge in [0.05, 0.1) is 0 Å². The van der Waals surface area contributed by atoms with Crippen molar-refractivity contribution in [3.8, 4) is 5.75 Å². The lowest BCUT2D eigenvalue weighted by Gasteiger charge is -2.22. The summed E-state index contributed by atoms with van der Waals surface area (Å²) < 4.78 is 5.53. The van der Waals surface area contributed by atoms with Crippen molar-refractivity contribution in [2.45, 2.75) is 44.6 Å². The van der Waals surface area contributed by atoms with Gasteiger partial charge in [-0.15, -0.1) is 11.8 Å². The molecule has 0 fully saturated rings. The zero-order valence-electron chi connectivity index (χ0n) is 17.1. The number of carbonyl (C=O) groups is 2. The molecule has 2 unspecified atom stereocenters. The van der Waals surface area contributed by atoms with E-state index in [1.807, 2.05) is 49.6 Å². The third-order valence-electron chi connectivity index (χ3n) is 5.01. The standard InChI is InChI=1S/C23H28O4S/c1-15(16(2)21(24)18-8-12-20(28-5)13-9-18)14-17-6-10-19(11-7-17)27-23(3,4)22(25)26/h6-13,15-16H,14H2,1-5H3,(H,25,26). The number of ether oxygens (including phenoxy) is 1. The van der Waals surface area contributed by atoms with Gasteiger partial charge in [0.25, 0.3) is 0 Å². The maximum Gasteiger partial charge on any atom is 0.347 e. The minimum Gasteiger partial charge on any atom is -0.478 e. The van der Waals surface area contributed by atoms with E-state index >= 15 is 0 Å². The molecular weight excluding hydrogens is 372 g/mol. The van der Waals surface area contributed by atoms with E-state index in [1.54, 1.807) is 23.9 Å². The van der Waals surface area contributed by atoms with Gasteiger partial charge in [0.1, 0.15) is 5.75 Å². The van der Waals surface area contributed by atoms with Gasteiger partial charge in [-0.3, -0.25) is 4.79 Å². The average molecular weight is 401 g/mol. The number of Topliss-reactive ketones (excluding diaryl/α,β-unsaturated/α-hetero) is 1. The van der Waals surface area contributed by atoms with Gasteiger partial charge < -0.3 is 9.84 Å². The number of benzene rings is 2. The fourth-order valence-electron chi connectivity index (χ4n) is 2.86. The van der Waals surface area contributed by atoms with Crippen molar-refractivity contribution in [2.24, 2.45) is 11.8 Å². The van der Waals surface area contributed by atoms with Crippen molar-refractivity contribution in [1.82, 2.24) is 0 Å². The first-order chi connectivity index (χ1) is 13.1. The number of carboxylic acids is 1. The Bertz CT molecular complexity index is 810. The molecule has 150 valence electrons. The number of thioether (sulfide) groups is 1. The van der Waals surface area contributed by atoms with Crippen molar-refractivity contribution in [2.75, 3.05) is 6.26 Å². The second kappa shape index (κ2) is 9.28. The maximum atomic E-state index is 12.8. The lowest BCUT2D eigenvalue weighted by Crippen LogP contribution is -2.37. The van der Waals surface area contributed by atoms with E-state index < -0.39 is 11.6 Å². The van der Waals surface area contributed by atoms with Crippen LogP contribution in [0.3, 0.4) is 0 Å². The lowest BCUT2D eigenvalue weighted by atomic mass is 9.84. The summed E-state index contributed by atoms with van der Waals surface area (Å²) in [6.45, 7) is 7.09. The maximum absolute atomic E-state index is 12.8.